The van der Waals surface area contributed by atoms with E-state index in [0.717, 1.165) is 4.90 Å². The maximum absolute atomic E-state index is 12.7. The van der Waals surface area contributed by atoms with Crippen molar-refractivity contribution in [2.45, 2.75) is 11.3 Å². The molecule has 0 saturated carbocycles. The van der Waals surface area contributed by atoms with Gasteiger partial charge in [0.05, 0.1) is 17.9 Å². The average Bonchev–Trinajstić information content (AvgIpc) is 2.85. The molecule has 19 heavy (non-hydrogen) atoms. The zero-order valence-electron chi connectivity index (χ0n) is 9.98. The monoisotopic (exact) mass is 278 g/mol. The quantitative estimate of drug-likeness (QED) is 0.858. The molecule has 1 aromatic carbocycles. The van der Waals surface area contributed by atoms with Gasteiger partial charge in [0.2, 0.25) is 11.8 Å². The molecule has 0 unspecified atom stereocenters. The van der Waals surface area contributed by atoms with Crippen LogP contribution < -0.4 is 5.32 Å². The highest BCUT2D eigenvalue weighted by molar-refractivity contribution is 8.00. The SMILES string of the molecule is N#CC1=C(NC(=O)CSc2ccc(F)cc2)OCC1. The first kappa shape index (κ1) is 13.4. The van der Waals surface area contributed by atoms with Crippen LogP contribution >= 0.6 is 11.8 Å². The van der Waals surface area contributed by atoms with Gasteiger partial charge in [-0.15, -0.1) is 11.8 Å². The largest absolute Gasteiger partial charge is 0.478 e. The van der Waals surface area contributed by atoms with Crippen molar-refractivity contribution in [2.75, 3.05) is 12.4 Å². The van der Waals surface area contributed by atoms with Crippen molar-refractivity contribution >= 4 is 17.7 Å². The summed E-state index contributed by atoms with van der Waals surface area (Å²) in [6.45, 7) is 0.420. The number of ether oxygens (including phenoxy) is 1. The Hall–Kier alpha value is -2.00. The highest BCUT2D eigenvalue weighted by Crippen LogP contribution is 2.19. The number of nitriles is 1. The lowest BCUT2D eigenvalue weighted by Gasteiger charge is -2.06. The van der Waals surface area contributed by atoms with Crippen molar-refractivity contribution in [3.05, 3.63) is 41.5 Å². The van der Waals surface area contributed by atoms with Gasteiger partial charge < -0.3 is 4.74 Å². The third-order valence-electron chi connectivity index (χ3n) is 2.44. The standard InChI is InChI=1S/C13H11FN2O2S/c14-10-1-3-11(4-2-10)19-8-12(17)16-13-9(7-15)5-6-18-13/h1-4H,5-6,8H2,(H,16,17). The van der Waals surface area contributed by atoms with Gasteiger partial charge in [0.15, 0.2) is 0 Å². The minimum absolute atomic E-state index is 0.178. The van der Waals surface area contributed by atoms with Crippen LogP contribution in [0.2, 0.25) is 0 Å². The zero-order chi connectivity index (χ0) is 13.7. The number of benzene rings is 1. The molecule has 6 heteroatoms. The fraction of sp³-hybridized carbons (Fsp3) is 0.231. The van der Waals surface area contributed by atoms with Crippen molar-refractivity contribution in [3.63, 3.8) is 0 Å². The van der Waals surface area contributed by atoms with E-state index in [1.54, 1.807) is 12.1 Å². The van der Waals surface area contributed by atoms with E-state index < -0.39 is 0 Å². The predicted octanol–water partition coefficient (Wildman–Crippen LogP) is 2.19. The summed E-state index contributed by atoms with van der Waals surface area (Å²) < 4.78 is 17.9. The van der Waals surface area contributed by atoms with Crippen molar-refractivity contribution in [1.82, 2.24) is 5.32 Å². The number of amides is 1. The summed E-state index contributed by atoms with van der Waals surface area (Å²) in [5.74, 6) is -0.125. The molecule has 4 nitrogen and oxygen atoms in total. The van der Waals surface area contributed by atoms with Crippen LogP contribution in [0.1, 0.15) is 6.42 Å². The normalized spacial score (nSPS) is 13.9. The number of carbonyl (C=O) groups is 1. The van der Waals surface area contributed by atoms with Gasteiger partial charge in [-0.2, -0.15) is 5.26 Å². The molecule has 2 rings (SSSR count). The summed E-state index contributed by atoms with van der Waals surface area (Å²) in [6.07, 6.45) is 0.525. The van der Waals surface area contributed by atoms with Gasteiger partial charge in [-0.1, -0.05) is 0 Å². The first-order valence-corrected chi connectivity index (χ1v) is 6.62. The van der Waals surface area contributed by atoms with Crippen LogP contribution in [-0.2, 0) is 9.53 Å². The molecule has 1 amide bonds. The molecule has 0 saturated heterocycles. The van der Waals surface area contributed by atoms with Crippen molar-refractivity contribution in [2.24, 2.45) is 0 Å². The third-order valence-corrected chi connectivity index (χ3v) is 3.46. The topological polar surface area (TPSA) is 62.1 Å². The van der Waals surface area contributed by atoms with Crippen LogP contribution in [-0.4, -0.2) is 18.3 Å². The van der Waals surface area contributed by atoms with Crippen molar-refractivity contribution < 1.29 is 13.9 Å². The van der Waals surface area contributed by atoms with Crippen LogP contribution in [0, 0.1) is 17.1 Å². The van der Waals surface area contributed by atoms with Gasteiger partial charge in [-0.05, 0) is 24.3 Å². The van der Waals surface area contributed by atoms with Crippen LogP contribution in [0.25, 0.3) is 0 Å². The third kappa shape index (κ3) is 3.73. The maximum atomic E-state index is 12.7. The number of rotatable bonds is 4. The van der Waals surface area contributed by atoms with E-state index in [2.05, 4.69) is 5.32 Å². The van der Waals surface area contributed by atoms with E-state index >= 15 is 0 Å². The first-order chi connectivity index (χ1) is 9.19. The lowest BCUT2D eigenvalue weighted by molar-refractivity contribution is -0.118. The molecular formula is C13H11FN2O2S. The fourth-order valence-corrected chi connectivity index (χ4v) is 2.21. The van der Waals surface area contributed by atoms with Crippen LogP contribution in [0.15, 0.2) is 40.6 Å². The zero-order valence-corrected chi connectivity index (χ0v) is 10.8. The Morgan fingerprint density at radius 2 is 2.21 bits per heavy atom. The summed E-state index contributed by atoms with van der Waals surface area (Å²) in [5.41, 5.74) is 0.458. The molecular weight excluding hydrogens is 267 g/mol. The molecule has 1 aliphatic rings. The summed E-state index contributed by atoms with van der Waals surface area (Å²) in [7, 11) is 0. The molecule has 0 spiro atoms. The molecule has 1 aromatic rings. The summed E-state index contributed by atoms with van der Waals surface area (Å²) in [5, 5.41) is 11.4. The van der Waals surface area contributed by atoms with Gasteiger partial charge in [0, 0.05) is 11.3 Å². The first-order valence-electron chi connectivity index (χ1n) is 5.63. The summed E-state index contributed by atoms with van der Waals surface area (Å²) >= 11 is 1.29. The van der Waals surface area contributed by atoms with E-state index in [-0.39, 0.29) is 23.4 Å². The number of nitrogens with zero attached hydrogens (tertiary/aromatic N) is 1. The number of halogens is 1. The van der Waals surface area contributed by atoms with Gasteiger partial charge in [-0.3, -0.25) is 10.1 Å². The Bertz CT molecular complexity index is 549. The Kier molecular flexibility index (Phi) is 4.42. The molecule has 1 N–H and O–H groups in total. The van der Waals surface area contributed by atoms with Crippen LogP contribution in [0.5, 0.6) is 0 Å². The van der Waals surface area contributed by atoms with Gasteiger partial charge >= 0.3 is 0 Å². The van der Waals surface area contributed by atoms with E-state index in [1.807, 2.05) is 6.07 Å². The lowest BCUT2D eigenvalue weighted by atomic mass is 10.2. The second-order valence-corrected chi connectivity index (χ2v) is 4.86. The van der Waals surface area contributed by atoms with Gasteiger partial charge in [0.1, 0.15) is 11.9 Å². The van der Waals surface area contributed by atoms with Crippen molar-refractivity contribution in [3.8, 4) is 6.07 Å². The smallest absolute Gasteiger partial charge is 0.237 e. The van der Waals surface area contributed by atoms with Crippen LogP contribution in [0.3, 0.4) is 0 Å². The van der Waals surface area contributed by atoms with Crippen molar-refractivity contribution in [1.29, 1.82) is 5.26 Å². The summed E-state index contributed by atoms with van der Waals surface area (Å²) in [6, 6.07) is 7.90. The minimum atomic E-state index is -0.308. The molecule has 98 valence electrons. The molecule has 0 atom stereocenters. The van der Waals surface area contributed by atoms with Gasteiger partial charge in [0.25, 0.3) is 0 Å². The Morgan fingerprint density at radius 1 is 1.47 bits per heavy atom. The average molecular weight is 278 g/mol. The van der Waals surface area contributed by atoms with Gasteiger partial charge in [-0.25, -0.2) is 4.39 Å². The van der Waals surface area contributed by atoms with E-state index in [9.17, 15) is 9.18 Å². The molecule has 0 aromatic heterocycles. The molecule has 1 aliphatic heterocycles. The molecule has 0 fully saturated rings. The predicted molar refractivity (Wildman–Crippen MR) is 68.5 cm³/mol. The number of hydrogen-bond acceptors (Lipinski definition) is 4. The highest BCUT2D eigenvalue weighted by Gasteiger charge is 2.17. The summed E-state index contributed by atoms with van der Waals surface area (Å²) in [4.78, 5) is 12.5. The number of thioether (sulfide) groups is 1. The Labute approximate surface area is 114 Å². The van der Waals surface area contributed by atoms with E-state index in [0.29, 0.717) is 18.6 Å². The van der Waals surface area contributed by atoms with E-state index in [1.165, 1.54) is 23.9 Å². The van der Waals surface area contributed by atoms with E-state index in [4.69, 9.17) is 10.00 Å². The number of nitrogens with one attached hydrogen (secondary N) is 1. The number of carbonyl (C=O) groups excluding carboxylic acids is 1. The number of hydrogen-bond donors (Lipinski definition) is 1. The molecule has 1 heterocycles. The Balaban J connectivity index is 1.85. The van der Waals surface area contributed by atoms with Crippen LogP contribution in [0.4, 0.5) is 4.39 Å². The second kappa shape index (κ2) is 6.25. The lowest BCUT2D eigenvalue weighted by Crippen LogP contribution is -2.25. The molecule has 0 radical (unpaired) electrons. The maximum Gasteiger partial charge on any atom is 0.237 e. The minimum Gasteiger partial charge on any atom is -0.478 e. The Morgan fingerprint density at radius 3 is 2.89 bits per heavy atom. The highest BCUT2D eigenvalue weighted by atomic mass is 32.2. The second-order valence-electron chi connectivity index (χ2n) is 3.81. The molecule has 0 bridgehead atoms. The molecule has 0 aliphatic carbocycles. The fourth-order valence-electron chi connectivity index (χ4n) is 1.52.